The first-order valence-electron chi connectivity index (χ1n) is 2.41. The van der Waals surface area contributed by atoms with Crippen LogP contribution in [0, 0.1) is 0 Å². The molecule has 0 aliphatic heterocycles. The Morgan fingerprint density at radius 1 is 1.10 bits per heavy atom. The molecule has 0 aromatic carbocycles. The summed E-state index contributed by atoms with van der Waals surface area (Å²) in [7, 11) is 0. The van der Waals surface area contributed by atoms with Crippen LogP contribution in [0.4, 0.5) is 0 Å². The number of rotatable bonds is 3. The lowest BCUT2D eigenvalue weighted by Gasteiger charge is -2.21. The van der Waals surface area contributed by atoms with Crippen molar-refractivity contribution in [2.75, 3.05) is 0 Å². The average molecular weight is 501 g/mol. The highest BCUT2D eigenvalue weighted by Crippen LogP contribution is 2.38. The van der Waals surface area contributed by atoms with E-state index in [1.165, 1.54) is 0 Å². The van der Waals surface area contributed by atoms with Gasteiger partial charge in [-0.3, -0.25) is 0 Å². The van der Waals surface area contributed by atoms with Crippen molar-refractivity contribution in [1.82, 2.24) is 0 Å². The predicted octanol–water partition coefficient (Wildman–Crippen LogP) is 4.37. The van der Waals surface area contributed by atoms with E-state index in [1.807, 2.05) is 0 Å². The van der Waals surface area contributed by atoms with Gasteiger partial charge in [-0.2, -0.15) is 0 Å². The highest BCUT2D eigenvalue weighted by molar-refractivity contribution is 9.71. The normalized spacial score (nSPS) is 13.8. The molecule has 0 aromatic rings. The van der Waals surface area contributed by atoms with Crippen LogP contribution in [-0.4, -0.2) is 9.73 Å². The van der Waals surface area contributed by atoms with Crippen LogP contribution in [0.3, 0.4) is 0 Å². The topological polar surface area (TPSA) is 9.23 Å². The molecule has 0 saturated carbocycles. The molecule has 0 unspecified atom stereocenters. The van der Waals surface area contributed by atoms with Crippen molar-refractivity contribution in [2.24, 2.45) is 0 Å². The lowest BCUT2D eigenvalue weighted by molar-refractivity contribution is 0.638. The van der Waals surface area contributed by atoms with Crippen molar-refractivity contribution in [1.29, 1.82) is 0 Å². The van der Waals surface area contributed by atoms with E-state index in [9.17, 15) is 0 Å². The molecule has 0 fully saturated rings. The third kappa shape index (κ3) is 7.44. The van der Waals surface area contributed by atoms with Gasteiger partial charge in [0.15, 0.2) is 0 Å². The summed E-state index contributed by atoms with van der Waals surface area (Å²) in [6.07, 6.45) is 0. The molecule has 0 radical (unpaired) electrons. The Kier molecular flexibility index (Phi) is 6.23. The Bertz CT molecular complexity index is 111. The molecule has 8 heteroatoms. The molecular formula is C2H5Br5OSi2. The number of halogens is 5. The van der Waals surface area contributed by atoms with E-state index in [0.717, 1.165) is 6.04 Å². The molecule has 0 aromatic heterocycles. The monoisotopic (exact) mass is 496 g/mol. The van der Waals surface area contributed by atoms with Crippen LogP contribution in [0.5, 0.6) is 0 Å². The van der Waals surface area contributed by atoms with Gasteiger partial charge in [0, 0.05) is 0 Å². The van der Waals surface area contributed by atoms with Gasteiger partial charge in [0.05, 0.1) is 0 Å². The van der Waals surface area contributed by atoms with E-state index in [1.54, 1.807) is 0 Å². The van der Waals surface area contributed by atoms with E-state index in [2.05, 4.69) is 83.4 Å². The molecule has 0 heterocycles. The largest absolute Gasteiger partial charge is 0.415 e. The van der Waals surface area contributed by atoms with Gasteiger partial charge in [0.2, 0.25) is 0 Å². The van der Waals surface area contributed by atoms with Crippen LogP contribution >= 0.6 is 76.5 Å². The third-order valence-corrected chi connectivity index (χ3v) is 14.3. The maximum absolute atomic E-state index is 5.64. The minimum Gasteiger partial charge on any atom is -0.415 e. The van der Waals surface area contributed by atoms with Crippen LogP contribution in [0.1, 0.15) is 6.92 Å². The van der Waals surface area contributed by atoms with E-state index < -0.39 is 9.73 Å². The van der Waals surface area contributed by atoms with Gasteiger partial charge < -0.3 is 4.12 Å². The first-order chi connectivity index (χ1) is 4.27. The van der Waals surface area contributed by atoms with Crippen molar-refractivity contribution >= 4 is 86.2 Å². The van der Waals surface area contributed by atoms with Gasteiger partial charge in [0.1, 0.15) is 0 Å². The van der Waals surface area contributed by atoms with Crippen molar-refractivity contribution in [3.63, 3.8) is 0 Å². The molecule has 0 amide bonds. The molecule has 0 bridgehead atoms. The Hall–Kier alpha value is 2.79. The molecule has 0 rings (SSSR count). The highest BCUT2D eigenvalue weighted by atomic mass is 80.0. The van der Waals surface area contributed by atoms with Crippen LogP contribution in [-0.2, 0) is 4.12 Å². The Morgan fingerprint density at radius 3 is 1.60 bits per heavy atom. The first kappa shape index (κ1) is 12.8. The molecule has 0 aliphatic carbocycles. The van der Waals surface area contributed by atoms with Gasteiger partial charge in [-0.05, 0) is 6.04 Å². The Balaban J connectivity index is 3.89. The van der Waals surface area contributed by atoms with E-state index >= 15 is 0 Å². The zero-order valence-electron chi connectivity index (χ0n) is 5.01. The maximum Gasteiger partial charge on any atom is 0.400 e. The standard InChI is InChI=1S/C2H5Br5OSi2/c1-2-9(3,4)8-10(5,6)7/h2H2,1H3. The summed E-state index contributed by atoms with van der Waals surface area (Å²) >= 11 is 17.1. The molecule has 0 atom stereocenters. The molecule has 0 saturated heterocycles. The Labute approximate surface area is 102 Å². The molecule has 62 valence electrons. The summed E-state index contributed by atoms with van der Waals surface area (Å²) in [5, 5.41) is 0. The van der Waals surface area contributed by atoms with Crippen LogP contribution < -0.4 is 0 Å². The summed E-state index contributed by atoms with van der Waals surface area (Å²) in [6, 6.07) is 0.977. The van der Waals surface area contributed by atoms with Crippen LogP contribution in [0.2, 0.25) is 6.04 Å². The van der Waals surface area contributed by atoms with Crippen LogP contribution in [0.15, 0.2) is 0 Å². The number of hydrogen-bond acceptors (Lipinski definition) is 1. The van der Waals surface area contributed by atoms with E-state index in [4.69, 9.17) is 4.12 Å². The lowest BCUT2D eigenvalue weighted by atomic mass is 11.0. The summed E-state index contributed by atoms with van der Waals surface area (Å²) in [6.45, 7) is 2.07. The van der Waals surface area contributed by atoms with Gasteiger partial charge in [0.25, 0.3) is 0 Å². The summed E-state index contributed by atoms with van der Waals surface area (Å²) in [5.74, 6) is 0. The fourth-order valence-electron chi connectivity index (χ4n) is 0.241. The minimum absolute atomic E-state index is 0.977. The zero-order chi connectivity index (χ0) is 8.41. The summed E-state index contributed by atoms with van der Waals surface area (Å²) < 4.78 is 3.73. The fourth-order valence-corrected chi connectivity index (χ4v) is 25.7. The van der Waals surface area contributed by atoms with Gasteiger partial charge in [-0.15, -0.1) is 0 Å². The van der Waals surface area contributed by atoms with Crippen LogP contribution in [0.25, 0.3) is 0 Å². The number of hydrogen-bond donors (Lipinski definition) is 0. The van der Waals surface area contributed by atoms with E-state index in [0.29, 0.717) is 0 Å². The quantitative estimate of drug-likeness (QED) is 0.413. The average Bonchev–Trinajstić information content (AvgIpc) is 1.60. The fraction of sp³-hybridized carbons (Fsp3) is 1.00. The molecule has 0 aliphatic rings. The second-order valence-corrected chi connectivity index (χ2v) is 35.7. The van der Waals surface area contributed by atoms with Gasteiger partial charge in [-0.25, -0.2) is 0 Å². The van der Waals surface area contributed by atoms with Crippen molar-refractivity contribution in [2.45, 2.75) is 13.0 Å². The predicted molar refractivity (Wildman–Crippen MR) is 67.7 cm³/mol. The van der Waals surface area contributed by atoms with Gasteiger partial charge >= 0.3 is 9.73 Å². The molecule has 0 spiro atoms. The smallest absolute Gasteiger partial charge is 0.400 e. The molecule has 1 nitrogen and oxygen atoms in total. The Morgan fingerprint density at radius 2 is 1.50 bits per heavy atom. The molecule has 10 heavy (non-hydrogen) atoms. The zero-order valence-corrected chi connectivity index (χ0v) is 14.9. The third-order valence-electron chi connectivity index (χ3n) is 0.677. The highest BCUT2D eigenvalue weighted by Gasteiger charge is 2.37. The van der Waals surface area contributed by atoms with Gasteiger partial charge in [-0.1, -0.05) is 83.4 Å². The second-order valence-electron chi connectivity index (χ2n) is 1.54. The molecule has 0 N–H and O–H groups in total. The second kappa shape index (κ2) is 4.87. The minimum atomic E-state index is -1.91. The van der Waals surface area contributed by atoms with Crippen molar-refractivity contribution in [3.05, 3.63) is 0 Å². The maximum atomic E-state index is 5.64. The summed E-state index contributed by atoms with van der Waals surface area (Å²) in [4.78, 5) is 0. The summed E-state index contributed by atoms with van der Waals surface area (Å²) in [5.41, 5.74) is -1.77. The lowest BCUT2D eigenvalue weighted by Crippen LogP contribution is -2.31. The first-order valence-corrected chi connectivity index (χ1v) is 17.7. The SMILES string of the molecule is CC[Si](Br)(Br)O[Si](Br)(Br)Br. The molecular weight excluding hydrogens is 496 g/mol. The van der Waals surface area contributed by atoms with Crippen molar-refractivity contribution < 1.29 is 4.12 Å². The van der Waals surface area contributed by atoms with E-state index in [-0.39, 0.29) is 0 Å². The van der Waals surface area contributed by atoms with Crippen molar-refractivity contribution in [3.8, 4) is 0 Å².